The summed E-state index contributed by atoms with van der Waals surface area (Å²) < 4.78 is 10.4. The van der Waals surface area contributed by atoms with E-state index in [9.17, 15) is 14.4 Å². The highest BCUT2D eigenvalue weighted by atomic mass is 32.1. The van der Waals surface area contributed by atoms with Gasteiger partial charge in [-0.25, -0.2) is 4.79 Å². The third kappa shape index (κ3) is 4.09. The van der Waals surface area contributed by atoms with E-state index in [1.165, 1.54) is 11.3 Å². The molecule has 0 bridgehead atoms. The van der Waals surface area contributed by atoms with Crippen LogP contribution in [0, 0.1) is 11.8 Å². The van der Waals surface area contributed by atoms with Gasteiger partial charge in [0, 0.05) is 4.88 Å². The van der Waals surface area contributed by atoms with Gasteiger partial charge >= 0.3 is 11.9 Å². The van der Waals surface area contributed by atoms with Gasteiger partial charge in [0.2, 0.25) is 0 Å². The van der Waals surface area contributed by atoms with Gasteiger partial charge in [-0.05, 0) is 57.4 Å². The Balaban J connectivity index is 1.78. The molecule has 0 spiro atoms. The van der Waals surface area contributed by atoms with Gasteiger partial charge in [-0.2, -0.15) is 0 Å². The molecule has 3 rings (SSSR count). The number of carbonyl (C=O) groups excluding carboxylic acids is 3. The summed E-state index contributed by atoms with van der Waals surface area (Å²) in [5.41, 5.74) is 1.46. The van der Waals surface area contributed by atoms with Gasteiger partial charge in [0.1, 0.15) is 5.00 Å². The van der Waals surface area contributed by atoms with E-state index in [2.05, 4.69) is 12.2 Å². The maximum absolute atomic E-state index is 12.5. The number of carbonyl (C=O) groups is 3. The highest BCUT2D eigenvalue weighted by molar-refractivity contribution is 7.17. The van der Waals surface area contributed by atoms with E-state index >= 15 is 0 Å². The number of hydrogen-bond acceptors (Lipinski definition) is 6. The van der Waals surface area contributed by atoms with Crippen molar-refractivity contribution in [2.75, 3.05) is 11.9 Å². The van der Waals surface area contributed by atoms with Crippen molar-refractivity contribution in [2.45, 2.75) is 59.0 Å². The maximum Gasteiger partial charge on any atom is 0.341 e. The molecule has 2 atom stereocenters. The predicted octanol–water partition coefficient (Wildman–Crippen LogP) is 3.33. The van der Waals surface area contributed by atoms with E-state index in [0.29, 0.717) is 16.5 Å². The number of esters is 2. The average molecular weight is 379 g/mol. The molecule has 142 valence electrons. The highest BCUT2D eigenvalue weighted by Gasteiger charge is 2.34. The summed E-state index contributed by atoms with van der Waals surface area (Å²) in [6.45, 7) is 5.78. The first-order valence-electron chi connectivity index (χ1n) is 9.23. The van der Waals surface area contributed by atoms with Crippen LogP contribution in [-0.2, 0) is 31.9 Å². The van der Waals surface area contributed by atoms with Crippen LogP contribution in [0.15, 0.2) is 0 Å². The number of hydrogen-bond donors (Lipinski definition) is 1. The second-order valence-electron chi connectivity index (χ2n) is 7.12. The standard InChI is InChI=1S/C19H25NO5S/c1-4-24-19(23)15-13-8-5-10(2)9-14(13)26-17(15)20-16(21)11(3)25-18(22)12-6-7-12/h10-12H,4-9H2,1-3H3,(H,20,21)/t10-,11-/m0/s1. The Hall–Kier alpha value is -1.89. The third-order valence-electron chi connectivity index (χ3n) is 4.80. The third-order valence-corrected chi connectivity index (χ3v) is 5.97. The second kappa shape index (κ2) is 7.78. The highest BCUT2D eigenvalue weighted by Crippen LogP contribution is 2.40. The van der Waals surface area contributed by atoms with Crippen molar-refractivity contribution >= 4 is 34.2 Å². The molecule has 0 radical (unpaired) electrons. The molecule has 2 aliphatic carbocycles. The average Bonchev–Trinajstić information content (AvgIpc) is 3.37. The number of amides is 1. The predicted molar refractivity (Wildman–Crippen MR) is 98.4 cm³/mol. The van der Waals surface area contributed by atoms with Crippen molar-refractivity contribution in [1.82, 2.24) is 0 Å². The van der Waals surface area contributed by atoms with Crippen LogP contribution in [-0.4, -0.2) is 30.6 Å². The second-order valence-corrected chi connectivity index (χ2v) is 8.22. The number of rotatable bonds is 6. The minimum atomic E-state index is -0.892. The largest absolute Gasteiger partial charge is 0.462 e. The zero-order chi connectivity index (χ0) is 18.8. The van der Waals surface area contributed by atoms with Crippen LogP contribution in [0.5, 0.6) is 0 Å². The molecule has 1 fully saturated rings. The molecule has 1 saturated carbocycles. The molecule has 0 aromatic carbocycles. The Kier molecular flexibility index (Phi) is 5.65. The zero-order valence-corrected chi connectivity index (χ0v) is 16.2. The van der Waals surface area contributed by atoms with Gasteiger partial charge in [0.15, 0.2) is 6.10 Å². The minimum Gasteiger partial charge on any atom is -0.462 e. The molecule has 1 heterocycles. The Morgan fingerprint density at radius 2 is 2.00 bits per heavy atom. The molecule has 0 unspecified atom stereocenters. The van der Waals surface area contributed by atoms with E-state index in [1.807, 2.05) is 0 Å². The van der Waals surface area contributed by atoms with Gasteiger partial charge in [0.25, 0.3) is 5.91 Å². The maximum atomic E-state index is 12.5. The number of nitrogens with one attached hydrogen (secondary N) is 1. The molecular weight excluding hydrogens is 354 g/mol. The first-order valence-corrected chi connectivity index (χ1v) is 10.0. The van der Waals surface area contributed by atoms with Crippen LogP contribution in [0.1, 0.15) is 60.8 Å². The fraction of sp³-hybridized carbons (Fsp3) is 0.632. The fourth-order valence-corrected chi connectivity index (χ4v) is 4.52. The minimum absolute atomic E-state index is 0.0594. The van der Waals surface area contributed by atoms with Gasteiger partial charge in [-0.15, -0.1) is 11.3 Å². The molecule has 7 heteroatoms. The summed E-state index contributed by atoms with van der Waals surface area (Å²) >= 11 is 1.43. The van der Waals surface area contributed by atoms with E-state index in [0.717, 1.165) is 42.5 Å². The Morgan fingerprint density at radius 1 is 1.27 bits per heavy atom. The molecule has 1 N–H and O–H groups in total. The number of anilines is 1. The van der Waals surface area contributed by atoms with E-state index in [-0.39, 0.29) is 18.5 Å². The molecule has 1 amide bonds. The smallest absolute Gasteiger partial charge is 0.341 e. The van der Waals surface area contributed by atoms with E-state index in [1.54, 1.807) is 13.8 Å². The van der Waals surface area contributed by atoms with E-state index in [4.69, 9.17) is 9.47 Å². The van der Waals surface area contributed by atoms with Crippen molar-refractivity contribution in [3.63, 3.8) is 0 Å². The van der Waals surface area contributed by atoms with Gasteiger partial charge in [0.05, 0.1) is 18.1 Å². The van der Waals surface area contributed by atoms with Crippen molar-refractivity contribution in [3.8, 4) is 0 Å². The summed E-state index contributed by atoms with van der Waals surface area (Å²) in [5.74, 6) is -0.653. The van der Waals surface area contributed by atoms with Gasteiger partial charge in [-0.3, -0.25) is 9.59 Å². The molecule has 6 nitrogen and oxygen atoms in total. The Labute approximate surface area is 157 Å². The van der Waals surface area contributed by atoms with Crippen molar-refractivity contribution in [3.05, 3.63) is 16.0 Å². The number of fused-ring (bicyclic) bond motifs is 1. The molecule has 1 aromatic heterocycles. The monoisotopic (exact) mass is 379 g/mol. The summed E-state index contributed by atoms with van der Waals surface area (Å²) in [7, 11) is 0. The Bertz CT molecular complexity index is 722. The van der Waals surface area contributed by atoms with E-state index < -0.39 is 18.0 Å². The van der Waals surface area contributed by atoms with Crippen molar-refractivity contribution < 1.29 is 23.9 Å². The summed E-state index contributed by atoms with van der Waals surface area (Å²) in [6, 6.07) is 0. The molecule has 0 aliphatic heterocycles. The number of ether oxygens (including phenoxy) is 2. The molecule has 26 heavy (non-hydrogen) atoms. The SMILES string of the molecule is CCOC(=O)c1c(NC(=O)[C@H](C)OC(=O)C2CC2)sc2c1CC[C@H](C)C2. The summed E-state index contributed by atoms with van der Waals surface area (Å²) in [6.07, 6.45) is 3.49. The first kappa shape index (κ1) is 18.9. The molecule has 2 aliphatic rings. The first-order chi connectivity index (χ1) is 12.4. The zero-order valence-electron chi connectivity index (χ0n) is 15.4. The van der Waals surface area contributed by atoms with Crippen LogP contribution in [0.4, 0.5) is 5.00 Å². The quantitative estimate of drug-likeness (QED) is 0.767. The van der Waals surface area contributed by atoms with Gasteiger partial charge in [-0.1, -0.05) is 6.92 Å². The Morgan fingerprint density at radius 3 is 2.65 bits per heavy atom. The van der Waals surface area contributed by atoms with Crippen LogP contribution in [0.2, 0.25) is 0 Å². The lowest BCUT2D eigenvalue weighted by molar-refractivity contribution is -0.154. The normalized spacial score (nSPS) is 20.0. The topological polar surface area (TPSA) is 81.7 Å². The van der Waals surface area contributed by atoms with Crippen LogP contribution < -0.4 is 5.32 Å². The number of thiophene rings is 1. The van der Waals surface area contributed by atoms with Crippen molar-refractivity contribution in [1.29, 1.82) is 0 Å². The van der Waals surface area contributed by atoms with Gasteiger partial charge < -0.3 is 14.8 Å². The van der Waals surface area contributed by atoms with Crippen molar-refractivity contribution in [2.24, 2.45) is 11.8 Å². The molecule has 0 saturated heterocycles. The summed E-state index contributed by atoms with van der Waals surface area (Å²) in [5, 5.41) is 3.29. The molecule has 1 aromatic rings. The molecular formula is C19H25NO5S. The van der Waals surface area contributed by atoms with Crippen LogP contribution in [0.3, 0.4) is 0 Å². The lowest BCUT2D eigenvalue weighted by atomic mass is 9.88. The van der Waals surface area contributed by atoms with Crippen LogP contribution >= 0.6 is 11.3 Å². The lowest BCUT2D eigenvalue weighted by Crippen LogP contribution is -2.30. The van der Waals surface area contributed by atoms with Crippen LogP contribution in [0.25, 0.3) is 0 Å². The fourth-order valence-electron chi connectivity index (χ4n) is 3.11. The lowest BCUT2D eigenvalue weighted by Gasteiger charge is -2.18. The summed E-state index contributed by atoms with van der Waals surface area (Å²) in [4.78, 5) is 37.8.